The van der Waals surface area contributed by atoms with Gasteiger partial charge in [-0.2, -0.15) is 0 Å². The first kappa shape index (κ1) is 15.1. The summed E-state index contributed by atoms with van der Waals surface area (Å²) >= 11 is 1.80. The Hall–Kier alpha value is -1.78. The van der Waals surface area contributed by atoms with Crippen molar-refractivity contribution in [2.24, 2.45) is 0 Å². The fraction of sp³-hybridized carbons (Fsp3) is 0.278. The molecular weight excluding hydrogens is 292 g/mol. The van der Waals surface area contributed by atoms with Gasteiger partial charge in [0.2, 0.25) is 5.91 Å². The van der Waals surface area contributed by atoms with Gasteiger partial charge in [-0.1, -0.05) is 36.4 Å². The number of fused-ring (bicyclic) bond motifs is 2. The van der Waals surface area contributed by atoms with Gasteiger partial charge in [-0.3, -0.25) is 4.79 Å². The summed E-state index contributed by atoms with van der Waals surface area (Å²) in [4.78, 5) is 17.7. The molecule has 1 amide bonds. The number of para-hydroxylation sites is 1. The zero-order chi connectivity index (χ0) is 15.5. The molecule has 1 aliphatic heterocycles. The summed E-state index contributed by atoms with van der Waals surface area (Å²) in [7, 11) is 3.85. The molecule has 1 aliphatic rings. The number of carbonyl (C=O) groups is 1. The van der Waals surface area contributed by atoms with E-state index in [0.29, 0.717) is 13.1 Å². The number of carbonyl (C=O) groups excluding carboxylic acids is 1. The lowest BCUT2D eigenvalue weighted by Crippen LogP contribution is -2.38. The Morgan fingerprint density at radius 3 is 2.55 bits per heavy atom. The van der Waals surface area contributed by atoms with Crippen molar-refractivity contribution in [2.45, 2.75) is 17.2 Å². The SMILES string of the molecule is CN(C)CC(=O)N1Cc2ccccc2CSc2ccccc21. The van der Waals surface area contributed by atoms with Crippen LogP contribution in [0.3, 0.4) is 0 Å². The van der Waals surface area contributed by atoms with E-state index in [1.807, 2.05) is 48.2 Å². The molecule has 0 saturated heterocycles. The van der Waals surface area contributed by atoms with Crippen LogP contribution in [-0.2, 0) is 17.1 Å². The first-order valence-corrected chi connectivity index (χ1v) is 8.37. The van der Waals surface area contributed by atoms with Crippen LogP contribution in [0.15, 0.2) is 53.4 Å². The van der Waals surface area contributed by atoms with Gasteiger partial charge in [0, 0.05) is 10.6 Å². The molecule has 0 aliphatic carbocycles. The number of thioether (sulfide) groups is 1. The second-order valence-corrected chi connectivity index (χ2v) is 6.76. The van der Waals surface area contributed by atoms with Crippen molar-refractivity contribution in [3.63, 3.8) is 0 Å². The normalized spacial score (nSPS) is 14.0. The molecule has 2 aromatic rings. The highest BCUT2D eigenvalue weighted by Crippen LogP contribution is 2.36. The Labute approximate surface area is 135 Å². The monoisotopic (exact) mass is 312 g/mol. The molecular formula is C18H20N2OS. The first-order chi connectivity index (χ1) is 10.6. The molecule has 0 atom stereocenters. The minimum absolute atomic E-state index is 0.134. The van der Waals surface area contributed by atoms with Gasteiger partial charge in [0.15, 0.2) is 0 Å². The van der Waals surface area contributed by atoms with Crippen molar-refractivity contribution < 1.29 is 4.79 Å². The number of hydrogen-bond donors (Lipinski definition) is 0. The van der Waals surface area contributed by atoms with Crippen LogP contribution in [-0.4, -0.2) is 31.4 Å². The standard InChI is InChI=1S/C18H20N2OS/c1-19(2)12-18(21)20-11-14-7-3-4-8-15(14)13-22-17-10-6-5-9-16(17)20/h3-10H,11-13H2,1-2H3. The van der Waals surface area contributed by atoms with Gasteiger partial charge in [0.05, 0.1) is 18.8 Å². The van der Waals surface area contributed by atoms with Crippen LogP contribution in [0.5, 0.6) is 0 Å². The topological polar surface area (TPSA) is 23.6 Å². The van der Waals surface area contributed by atoms with E-state index in [0.717, 1.165) is 11.4 Å². The minimum atomic E-state index is 0.134. The van der Waals surface area contributed by atoms with Crippen LogP contribution in [0.4, 0.5) is 5.69 Å². The molecule has 0 saturated carbocycles. The van der Waals surface area contributed by atoms with Gasteiger partial charge in [-0.05, 0) is 37.4 Å². The van der Waals surface area contributed by atoms with E-state index in [4.69, 9.17) is 0 Å². The minimum Gasteiger partial charge on any atom is -0.306 e. The van der Waals surface area contributed by atoms with E-state index in [1.54, 1.807) is 11.8 Å². The predicted molar refractivity (Wildman–Crippen MR) is 92.2 cm³/mol. The second kappa shape index (κ2) is 6.55. The third-order valence-electron chi connectivity index (χ3n) is 3.74. The fourth-order valence-electron chi connectivity index (χ4n) is 2.64. The molecule has 0 N–H and O–H groups in total. The van der Waals surface area contributed by atoms with E-state index in [2.05, 4.69) is 24.3 Å². The van der Waals surface area contributed by atoms with Crippen LogP contribution in [0, 0.1) is 0 Å². The highest BCUT2D eigenvalue weighted by molar-refractivity contribution is 7.98. The van der Waals surface area contributed by atoms with E-state index in [1.165, 1.54) is 16.0 Å². The van der Waals surface area contributed by atoms with Crippen molar-refractivity contribution in [2.75, 3.05) is 25.5 Å². The zero-order valence-electron chi connectivity index (χ0n) is 13.0. The maximum Gasteiger partial charge on any atom is 0.241 e. The molecule has 22 heavy (non-hydrogen) atoms. The lowest BCUT2D eigenvalue weighted by Gasteiger charge is -2.29. The summed E-state index contributed by atoms with van der Waals surface area (Å²) in [5.41, 5.74) is 3.56. The molecule has 0 radical (unpaired) electrons. The maximum absolute atomic E-state index is 12.7. The lowest BCUT2D eigenvalue weighted by molar-refractivity contribution is -0.119. The van der Waals surface area contributed by atoms with E-state index in [9.17, 15) is 4.79 Å². The van der Waals surface area contributed by atoms with E-state index in [-0.39, 0.29) is 5.91 Å². The molecule has 0 bridgehead atoms. The Kier molecular flexibility index (Phi) is 4.50. The van der Waals surface area contributed by atoms with Crippen molar-refractivity contribution in [1.82, 2.24) is 4.90 Å². The quantitative estimate of drug-likeness (QED) is 0.849. The van der Waals surface area contributed by atoms with Crippen molar-refractivity contribution in [3.8, 4) is 0 Å². The third-order valence-corrected chi connectivity index (χ3v) is 4.85. The van der Waals surface area contributed by atoms with Crippen molar-refractivity contribution in [3.05, 3.63) is 59.7 Å². The second-order valence-electron chi connectivity index (χ2n) is 5.74. The average molecular weight is 312 g/mol. The van der Waals surface area contributed by atoms with E-state index >= 15 is 0 Å². The smallest absolute Gasteiger partial charge is 0.241 e. The van der Waals surface area contributed by atoms with Crippen molar-refractivity contribution in [1.29, 1.82) is 0 Å². The van der Waals surface area contributed by atoms with Gasteiger partial charge in [-0.25, -0.2) is 0 Å². The molecule has 0 spiro atoms. The first-order valence-electron chi connectivity index (χ1n) is 7.39. The number of anilines is 1. The van der Waals surface area contributed by atoms with Crippen LogP contribution >= 0.6 is 11.8 Å². The number of likely N-dealkylation sites (N-methyl/N-ethyl adjacent to an activating group) is 1. The number of benzene rings is 2. The summed E-state index contributed by atoms with van der Waals surface area (Å²) in [6, 6.07) is 16.6. The number of nitrogens with zero attached hydrogens (tertiary/aromatic N) is 2. The largest absolute Gasteiger partial charge is 0.306 e. The highest BCUT2D eigenvalue weighted by atomic mass is 32.2. The van der Waals surface area contributed by atoms with Gasteiger partial charge < -0.3 is 9.80 Å². The Morgan fingerprint density at radius 2 is 1.77 bits per heavy atom. The van der Waals surface area contributed by atoms with Gasteiger partial charge in [0.1, 0.15) is 0 Å². The number of hydrogen-bond acceptors (Lipinski definition) is 3. The van der Waals surface area contributed by atoms with Crippen LogP contribution < -0.4 is 4.90 Å². The molecule has 0 aromatic heterocycles. The zero-order valence-corrected chi connectivity index (χ0v) is 13.8. The van der Waals surface area contributed by atoms with Crippen LogP contribution in [0.2, 0.25) is 0 Å². The molecule has 0 fully saturated rings. The fourth-order valence-corrected chi connectivity index (χ4v) is 3.74. The summed E-state index contributed by atoms with van der Waals surface area (Å²) in [6.07, 6.45) is 0. The Morgan fingerprint density at radius 1 is 1.09 bits per heavy atom. The molecule has 3 rings (SSSR count). The molecule has 0 unspecified atom stereocenters. The van der Waals surface area contributed by atoms with Gasteiger partial charge >= 0.3 is 0 Å². The highest BCUT2D eigenvalue weighted by Gasteiger charge is 2.22. The van der Waals surface area contributed by atoms with Gasteiger partial charge in [-0.15, -0.1) is 11.8 Å². The summed E-state index contributed by atoms with van der Waals surface area (Å²) in [6.45, 7) is 1.06. The number of rotatable bonds is 2. The lowest BCUT2D eigenvalue weighted by atomic mass is 10.1. The number of amides is 1. The molecule has 2 aromatic carbocycles. The Balaban J connectivity index is 2.02. The molecule has 114 valence electrons. The van der Waals surface area contributed by atoms with E-state index < -0.39 is 0 Å². The average Bonchev–Trinajstić information content (AvgIpc) is 2.49. The van der Waals surface area contributed by atoms with Crippen LogP contribution in [0.1, 0.15) is 11.1 Å². The summed E-state index contributed by atoms with van der Waals surface area (Å²) in [5, 5.41) is 0. The Bertz CT molecular complexity index is 684. The van der Waals surface area contributed by atoms with Crippen molar-refractivity contribution >= 4 is 23.4 Å². The maximum atomic E-state index is 12.7. The van der Waals surface area contributed by atoms with Crippen LogP contribution in [0.25, 0.3) is 0 Å². The van der Waals surface area contributed by atoms with Gasteiger partial charge in [0.25, 0.3) is 0 Å². The molecule has 4 heteroatoms. The molecule has 1 heterocycles. The predicted octanol–water partition coefficient (Wildman–Crippen LogP) is 3.39. The third kappa shape index (κ3) is 3.18. The summed E-state index contributed by atoms with van der Waals surface area (Å²) in [5.74, 6) is 1.08. The molecule has 3 nitrogen and oxygen atoms in total. The summed E-state index contributed by atoms with van der Waals surface area (Å²) < 4.78 is 0.